The summed E-state index contributed by atoms with van der Waals surface area (Å²) in [5, 5.41) is 2.37. The second-order valence-electron chi connectivity index (χ2n) is 4.50. The van der Waals surface area contributed by atoms with Crippen LogP contribution in [0.15, 0.2) is 17.7 Å². The third-order valence-corrected chi connectivity index (χ3v) is 3.97. The average molecular weight is 312 g/mol. The monoisotopic (exact) mass is 311 g/mol. The molecule has 6 heteroatoms. The smallest absolute Gasteiger partial charge is 0.246 e. The van der Waals surface area contributed by atoms with Crippen molar-refractivity contribution in [2.75, 3.05) is 13.1 Å². The summed E-state index contributed by atoms with van der Waals surface area (Å²) in [6.45, 7) is 5.71. The highest BCUT2D eigenvalue weighted by Crippen LogP contribution is 2.22. The number of rotatable bonds is 6. The maximum Gasteiger partial charge on any atom is 0.246 e. The van der Waals surface area contributed by atoms with Gasteiger partial charge in [-0.3, -0.25) is 9.20 Å². The van der Waals surface area contributed by atoms with Crippen LogP contribution in [-0.4, -0.2) is 33.3 Å². The molecule has 0 saturated heterocycles. The van der Waals surface area contributed by atoms with E-state index in [-0.39, 0.29) is 5.91 Å². The highest BCUT2D eigenvalue weighted by Gasteiger charge is 2.11. The fourth-order valence-corrected chi connectivity index (χ4v) is 3.06. The molecule has 2 aromatic rings. The lowest BCUT2D eigenvalue weighted by atomic mass is 10.3. The average Bonchev–Trinajstić information content (AvgIpc) is 2.97. The summed E-state index contributed by atoms with van der Waals surface area (Å²) in [7, 11) is 0. The molecule has 0 fully saturated rings. The van der Waals surface area contributed by atoms with Crippen molar-refractivity contribution in [1.29, 1.82) is 0 Å². The van der Waals surface area contributed by atoms with Gasteiger partial charge in [-0.1, -0.05) is 25.4 Å². The summed E-state index contributed by atoms with van der Waals surface area (Å²) in [6.07, 6.45) is 7.15. The third kappa shape index (κ3) is 3.22. The van der Waals surface area contributed by atoms with Crippen LogP contribution in [0, 0.1) is 0 Å². The van der Waals surface area contributed by atoms with Crippen LogP contribution in [0.1, 0.15) is 32.4 Å². The normalized spacial score (nSPS) is 11.6. The van der Waals surface area contributed by atoms with Crippen LogP contribution in [0.4, 0.5) is 0 Å². The van der Waals surface area contributed by atoms with Crippen molar-refractivity contribution in [3.05, 3.63) is 28.5 Å². The Morgan fingerprint density at radius 3 is 2.80 bits per heavy atom. The zero-order valence-electron chi connectivity index (χ0n) is 11.7. The van der Waals surface area contributed by atoms with Crippen molar-refractivity contribution >= 4 is 39.9 Å². The van der Waals surface area contributed by atoms with Gasteiger partial charge < -0.3 is 4.90 Å². The maximum absolute atomic E-state index is 12.2. The number of imidazole rings is 1. The first-order chi connectivity index (χ1) is 9.67. The molecule has 0 spiro atoms. The highest BCUT2D eigenvalue weighted by molar-refractivity contribution is 7.15. The molecule has 4 nitrogen and oxygen atoms in total. The zero-order chi connectivity index (χ0) is 14.5. The molecule has 0 N–H and O–H groups in total. The summed E-state index contributed by atoms with van der Waals surface area (Å²) in [6, 6.07) is 0. The second-order valence-corrected chi connectivity index (χ2v) is 5.73. The second kappa shape index (κ2) is 6.90. The first kappa shape index (κ1) is 15.1. The van der Waals surface area contributed by atoms with E-state index in [4.69, 9.17) is 11.6 Å². The Morgan fingerprint density at radius 2 is 2.15 bits per heavy atom. The van der Waals surface area contributed by atoms with E-state index in [0.717, 1.165) is 36.6 Å². The summed E-state index contributed by atoms with van der Waals surface area (Å²) in [4.78, 5) is 19.1. The maximum atomic E-state index is 12.2. The fraction of sp³-hybridized carbons (Fsp3) is 0.429. The van der Waals surface area contributed by atoms with Gasteiger partial charge in [-0.2, -0.15) is 0 Å². The quantitative estimate of drug-likeness (QED) is 0.763. The number of hydrogen-bond acceptors (Lipinski definition) is 3. The van der Waals surface area contributed by atoms with E-state index in [1.54, 1.807) is 12.2 Å². The van der Waals surface area contributed by atoms with Crippen LogP contribution in [0.5, 0.6) is 0 Å². The topological polar surface area (TPSA) is 37.6 Å². The van der Waals surface area contributed by atoms with Crippen molar-refractivity contribution < 1.29 is 4.79 Å². The molecule has 20 heavy (non-hydrogen) atoms. The molecular formula is C14H18ClN3OS. The molecule has 2 rings (SSSR count). The molecule has 0 aliphatic rings. The van der Waals surface area contributed by atoms with Crippen LogP contribution in [-0.2, 0) is 4.79 Å². The van der Waals surface area contributed by atoms with E-state index in [2.05, 4.69) is 18.8 Å². The lowest BCUT2D eigenvalue weighted by Crippen LogP contribution is -2.30. The first-order valence-corrected chi connectivity index (χ1v) is 8.01. The Balaban J connectivity index is 2.17. The predicted octanol–water partition coefficient (Wildman–Crippen LogP) is 3.71. The van der Waals surface area contributed by atoms with E-state index < -0.39 is 0 Å². The molecule has 0 bridgehead atoms. The Morgan fingerprint density at radius 1 is 1.45 bits per heavy atom. The predicted molar refractivity (Wildman–Crippen MR) is 84.3 cm³/mol. The third-order valence-electron chi connectivity index (χ3n) is 2.94. The number of carbonyl (C=O) groups is 1. The number of hydrogen-bond donors (Lipinski definition) is 0. The van der Waals surface area contributed by atoms with Gasteiger partial charge in [0.15, 0.2) is 10.1 Å². The number of fused-ring (bicyclic) bond motifs is 1. The van der Waals surface area contributed by atoms with Gasteiger partial charge >= 0.3 is 0 Å². The molecule has 0 saturated carbocycles. The summed E-state index contributed by atoms with van der Waals surface area (Å²) < 4.78 is 1.89. The van der Waals surface area contributed by atoms with Crippen LogP contribution < -0.4 is 0 Å². The Hall–Kier alpha value is -1.33. The Labute approximate surface area is 127 Å². The number of nitrogens with zero attached hydrogens (tertiary/aromatic N) is 3. The molecular weight excluding hydrogens is 294 g/mol. The molecule has 108 valence electrons. The minimum atomic E-state index is 0.0231. The summed E-state index contributed by atoms with van der Waals surface area (Å²) >= 11 is 7.61. The van der Waals surface area contributed by atoms with Crippen molar-refractivity contribution in [3.8, 4) is 0 Å². The van der Waals surface area contributed by atoms with Gasteiger partial charge in [0.2, 0.25) is 5.91 Å². The SMILES string of the molecule is CCCN(CCC)C(=O)/C=C/c1c(Cl)nc2sccn12. The summed E-state index contributed by atoms with van der Waals surface area (Å²) in [5.74, 6) is 0.0231. The largest absolute Gasteiger partial charge is 0.339 e. The molecule has 0 aromatic carbocycles. The lowest BCUT2D eigenvalue weighted by Gasteiger charge is -2.19. The fourth-order valence-electron chi connectivity index (χ4n) is 2.05. The Bertz CT molecular complexity index is 611. The van der Waals surface area contributed by atoms with Crippen LogP contribution in [0.3, 0.4) is 0 Å². The number of amides is 1. The van der Waals surface area contributed by atoms with E-state index in [1.165, 1.54) is 11.3 Å². The van der Waals surface area contributed by atoms with Gasteiger partial charge in [-0.05, 0) is 18.9 Å². The van der Waals surface area contributed by atoms with Crippen LogP contribution >= 0.6 is 22.9 Å². The van der Waals surface area contributed by atoms with E-state index in [9.17, 15) is 4.79 Å². The molecule has 2 heterocycles. The van der Waals surface area contributed by atoms with Crippen molar-refractivity contribution in [2.24, 2.45) is 0 Å². The molecule has 0 unspecified atom stereocenters. The number of carbonyl (C=O) groups excluding carboxylic acids is 1. The van der Waals surface area contributed by atoms with Gasteiger partial charge in [0, 0.05) is 30.7 Å². The highest BCUT2D eigenvalue weighted by atomic mass is 35.5. The van der Waals surface area contributed by atoms with Gasteiger partial charge in [0.05, 0.1) is 5.69 Å². The minimum Gasteiger partial charge on any atom is -0.339 e. The zero-order valence-corrected chi connectivity index (χ0v) is 13.2. The van der Waals surface area contributed by atoms with E-state index >= 15 is 0 Å². The molecule has 0 atom stereocenters. The van der Waals surface area contributed by atoms with E-state index in [1.807, 2.05) is 20.9 Å². The van der Waals surface area contributed by atoms with Gasteiger partial charge in [0.25, 0.3) is 0 Å². The molecule has 0 aliphatic carbocycles. The van der Waals surface area contributed by atoms with Gasteiger partial charge in [-0.15, -0.1) is 11.3 Å². The first-order valence-electron chi connectivity index (χ1n) is 6.75. The molecule has 1 amide bonds. The van der Waals surface area contributed by atoms with Crippen molar-refractivity contribution in [2.45, 2.75) is 26.7 Å². The van der Waals surface area contributed by atoms with E-state index in [0.29, 0.717) is 5.15 Å². The number of aromatic nitrogens is 2. The van der Waals surface area contributed by atoms with Crippen molar-refractivity contribution in [1.82, 2.24) is 14.3 Å². The van der Waals surface area contributed by atoms with Gasteiger partial charge in [-0.25, -0.2) is 4.98 Å². The molecule has 2 aromatic heterocycles. The molecule has 0 radical (unpaired) electrons. The number of thiazole rings is 1. The van der Waals surface area contributed by atoms with Crippen LogP contribution in [0.2, 0.25) is 5.15 Å². The minimum absolute atomic E-state index is 0.0231. The van der Waals surface area contributed by atoms with Crippen molar-refractivity contribution in [3.63, 3.8) is 0 Å². The Kier molecular flexibility index (Phi) is 5.20. The summed E-state index contributed by atoms with van der Waals surface area (Å²) in [5.41, 5.74) is 0.754. The number of halogens is 1. The standard InChI is InChI=1S/C14H18ClN3OS/c1-3-7-17(8-4-2)12(19)6-5-11-13(15)16-14-18(11)9-10-20-14/h5-6,9-10H,3-4,7-8H2,1-2H3/b6-5+. The van der Waals surface area contributed by atoms with Crippen LogP contribution in [0.25, 0.3) is 11.0 Å². The molecule has 0 aliphatic heterocycles. The lowest BCUT2D eigenvalue weighted by molar-refractivity contribution is -0.126. The van der Waals surface area contributed by atoms with Gasteiger partial charge in [0.1, 0.15) is 0 Å².